The molecule has 0 aliphatic heterocycles. The quantitative estimate of drug-likeness (QED) is 0.589. The van der Waals surface area contributed by atoms with Crippen LogP contribution < -0.4 is 0 Å². The van der Waals surface area contributed by atoms with Crippen LogP contribution in [0, 0.1) is 10.1 Å². The average molecular weight is 237 g/mol. The summed E-state index contributed by atoms with van der Waals surface area (Å²) in [4.78, 5) is 11.4. The zero-order valence-electron chi connectivity index (χ0n) is 9.09. The Kier molecular flexibility index (Phi) is 3.83. The van der Waals surface area contributed by atoms with Crippen molar-refractivity contribution in [1.82, 2.24) is 0 Å². The van der Waals surface area contributed by atoms with Crippen LogP contribution in [0.25, 0.3) is 0 Å². The summed E-state index contributed by atoms with van der Waals surface area (Å²) in [6.07, 6.45) is 6.22. The first-order valence-corrected chi connectivity index (χ1v) is 6.55. The predicted octanol–water partition coefficient (Wildman–Crippen LogP) is 4.02. The maximum atomic E-state index is 10.9. The van der Waals surface area contributed by atoms with Crippen molar-refractivity contribution in [3.05, 3.63) is 34.4 Å². The third kappa shape index (κ3) is 2.76. The lowest BCUT2D eigenvalue weighted by Crippen LogP contribution is -2.08. The van der Waals surface area contributed by atoms with Gasteiger partial charge in [-0.2, -0.15) is 0 Å². The number of hydrogen-bond donors (Lipinski definition) is 0. The molecule has 1 aromatic carbocycles. The molecule has 16 heavy (non-hydrogen) atoms. The van der Waals surface area contributed by atoms with Crippen LogP contribution >= 0.6 is 11.8 Å². The van der Waals surface area contributed by atoms with Crippen LogP contribution in [0.5, 0.6) is 0 Å². The molecular weight excluding hydrogens is 222 g/mol. The fourth-order valence-corrected chi connectivity index (χ4v) is 3.42. The fourth-order valence-electron chi connectivity index (χ4n) is 2.07. The number of para-hydroxylation sites is 1. The summed E-state index contributed by atoms with van der Waals surface area (Å²) in [6, 6.07) is 7.05. The summed E-state index contributed by atoms with van der Waals surface area (Å²) in [6.45, 7) is 0. The number of nitrogens with zero attached hydrogens (tertiary/aromatic N) is 1. The van der Waals surface area contributed by atoms with Gasteiger partial charge in [0.25, 0.3) is 5.69 Å². The second kappa shape index (κ2) is 5.34. The van der Waals surface area contributed by atoms with E-state index >= 15 is 0 Å². The minimum atomic E-state index is -0.287. The van der Waals surface area contributed by atoms with E-state index in [1.165, 1.54) is 32.1 Å². The number of thioether (sulfide) groups is 1. The summed E-state index contributed by atoms with van der Waals surface area (Å²) < 4.78 is 0. The van der Waals surface area contributed by atoms with Gasteiger partial charge in [0.1, 0.15) is 0 Å². The summed E-state index contributed by atoms with van der Waals surface area (Å²) >= 11 is 1.68. The number of hydrogen-bond acceptors (Lipinski definition) is 3. The highest BCUT2D eigenvalue weighted by molar-refractivity contribution is 8.00. The maximum Gasteiger partial charge on any atom is 0.282 e. The third-order valence-electron chi connectivity index (χ3n) is 2.91. The van der Waals surface area contributed by atoms with Gasteiger partial charge in [-0.1, -0.05) is 31.4 Å². The van der Waals surface area contributed by atoms with E-state index in [9.17, 15) is 10.1 Å². The Morgan fingerprint density at radius 3 is 2.56 bits per heavy atom. The van der Waals surface area contributed by atoms with Gasteiger partial charge >= 0.3 is 0 Å². The second-order valence-electron chi connectivity index (χ2n) is 4.10. The molecule has 0 radical (unpaired) electrons. The Morgan fingerprint density at radius 2 is 1.88 bits per heavy atom. The van der Waals surface area contributed by atoms with Gasteiger partial charge < -0.3 is 0 Å². The van der Waals surface area contributed by atoms with E-state index < -0.39 is 0 Å². The molecule has 1 fully saturated rings. The molecule has 1 aliphatic rings. The van der Waals surface area contributed by atoms with Gasteiger partial charge in [0.15, 0.2) is 0 Å². The number of benzene rings is 1. The van der Waals surface area contributed by atoms with Crippen molar-refractivity contribution in [1.29, 1.82) is 0 Å². The highest BCUT2D eigenvalue weighted by Gasteiger charge is 2.19. The van der Waals surface area contributed by atoms with Crippen molar-refractivity contribution in [2.75, 3.05) is 0 Å². The number of nitro groups is 1. The average Bonchev–Trinajstić information content (AvgIpc) is 2.31. The molecule has 0 atom stereocenters. The lowest BCUT2D eigenvalue weighted by Gasteiger charge is -2.20. The van der Waals surface area contributed by atoms with Crippen molar-refractivity contribution in [2.24, 2.45) is 0 Å². The van der Waals surface area contributed by atoms with Crippen LogP contribution in [-0.4, -0.2) is 10.2 Å². The fraction of sp³-hybridized carbons (Fsp3) is 0.500. The normalized spacial score (nSPS) is 17.2. The number of nitro benzene ring substituents is 1. The van der Waals surface area contributed by atoms with Crippen molar-refractivity contribution in [2.45, 2.75) is 42.2 Å². The topological polar surface area (TPSA) is 43.1 Å². The molecule has 86 valence electrons. The Hall–Kier alpha value is -1.03. The van der Waals surface area contributed by atoms with Crippen molar-refractivity contribution in [3.63, 3.8) is 0 Å². The number of rotatable bonds is 3. The van der Waals surface area contributed by atoms with E-state index in [1.807, 2.05) is 12.1 Å². The molecule has 0 saturated heterocycles. The molecule has 0 spiro atoms. The highest BCUT2D eigenvalue weighted by atomic mass is 32.2. The van der Waals surface area contributed by atoms with Gasteiger partial charge in [-0.15, -0.1) is 11.8 Å². The first-order valence-electron chi connectivity index (χ1n) is 5.67. The first kappa shape index (κ1) is 11.5. The maximum absolute atomic E-state index is 10.9. The van der Waals surface area contributed by atoms with E-state index in [0.717, 1.165) is 4.90 Å². The molecule has 0 amide bonds. The molecule has 0 unspecified atom stereocenters. The van der Waals surface area contributed by atoms with E-state index in [4.69, 9.17) is 0 Å². The van der Waals surface area contributed by atoms with Gasteiger partial charge in [-0.05, 0) is 18.9 Å². The SMILES string of the molecule is O=[N+]([O-])c1ccccc1SC1CCCCC1. The molecule has 1 aliphatic carbocycles. The van der Waals surface area contributed by atoms with Crippen LogP contribution in [0.4, 0.5) is 5.69 Å². The molecule has 4 heteroatoms. The molecule has 0 N–H and O–H groups in total. The predicted molar refractivity (Wildman–Crippen MR) is 65.8 cm³/mol. The zero-order valence-corrected chi connectivity index (χ0v) is 9.91. The summed E-state index contributed by atoms with van der Waals surface area (Å²) in [5.41, 5.74) is 0.248. The molecule has 3 nitrogen and oxygen atoms in total. The molecule has 2 rings (SSSR count). The lowest BCUT2D eigenvalue weighted by atomic mass is 10.0. The monoisotopic (exact) mass is 237 g/mol. The second-order valence-corrected chi connectivity index (χ2v) is 5.44. The summed E-state index contributed by atoms with van der Waals surface area (Å²) in [5.74, 6) is 0. The lowest BCUT2D eigenvalue weighted by molar-refractivity contribution is -0.387. The van der Waals surface area contributed by atoms with Crippen LogP contribution in [0.15, 0.2) is 29.2 Å². The minimum absolute atomic E-state index is 0.248. The van der Waals surface area contributed by atoms with E-state index in [1.54, 1.807) is 23.9 Å². The van der Waals surface area contributed by atoms with Crippen molar-refractivity contribution >= 4 is 17.4 Å². The Labute approximate surface area is 99.4 Å². The summed E-state index contributed by atoms with van der Waals surface area (Å²) in [7, 11) is 0. The molecule has 0 heterocycles. The molecule has 0 aromatic heterocycles. The van der Waals surface area contributed by atoms with Gasteiger partial charge in [0.05, 0.1) is 9.82 Å². The highest BCUT2D eigenvalue weighted by Crippen LogP contribution is 2.37. The van der Waals surface area contributed by atoms with Gasteiger partial charge in [0, 0.05) is 11.3 Å². The summed E-state index contributed by atoms with van der Waals surface area (Å²) in [5, 5.41) is 11.4. The Balaban J connectivity index is 2.10. The third-order valence-corrected chi connectivity index (χ3v) is 4.31. The Morgan fingerprint density at radius 1 is 1.19 bits per heavy atom. The van der Waals surface area contributed by atoms with Crippen molar-refractivity contribution < 1.29 is 4.92 Å². The molecule has 0 bridgehead atoms. The molecule has 1 saturated carbocycles. The minimum Gasteiger partial charge on any atom is -0.258 e. The molecular formula is C12H15NO2S. The Bertz CT molecular complexity index is 375. The van der Waals surface area contributed by atoms with Crippen LogP contribution in [0.1, 0.15) is 32.1 Å². The van der Waals surface area contributed by atoms with Gasteiger partial charge in [-0.3, -0.25) is 10.1 Å². The van der Waals surface area contributed by atoms with E-state index in [-0.39, 0.29) is 10.6 Å². The van der Waals surface area contributed by atoms with Gasteiger partial charge in [-0.25, -0.2) is 0 Å². The first-order chi connectivity index (χ1) is 7.77. The van der Waals surface area contributed by atoms with E-state index in [0.29, 0.717) is 5.25 Å². The smallest absolute Gasteiger partial charge is 0.258 e. The van der Waals surface area contributed by atoms with E-state index in [2.05, 4.69) is 0 Å². The molecule has 1 aromatic rings. The largest absolute Gasteiger partial charge is 0.282 e. The zero-order chi connectivity index (χ0) is 11.4. The standard InChI is InChI=1S/C12H15NO2S/c14-13(15)11-8-4-5-9-12(11)16-10-6-2-1-3-7-10/h4-5,8-10H,1-3,6-7H2. The van der Waals surface area contributed by atoms with Crippen LogP contribution in [0.2, 0.25) is 0 Å². The van der Waals surface area contributed by atoms with Gasteiger partial charge in [0.2, 0.25) is 0 Å². The van der Waals surface area contributed by atoms with Crippen LogP contribution in [0.3, 0.4) is 0 Å². The van der Waals surface area contributed by atoms with Crippen molar-refractivity contribution in [3.8, 4) is 0 Å². The van der Waals surface area contributed by atoms with Crippen LogP contribution in [-0.2, 0) is 0 Å².